The van der Waals surface area contributed by atoms with Crippen molar-refractivity contribution in [3.8, 4) is 11.8 Å². The summed E-state index contributed by atoms with van der Waals surface area (Å²) in [5.74, 6) is 6.06. The van der Waals surface area contributed by atoms with Crippen LogP contribution in [-0.2, 0) is 19.7 Å². The van der Waals surface area contributed by atoms with Crippen LogP contribution < -0.4 is 4.90 Å². The summed E-state index contributed by atoms with van der Waals surface area (Å²) in [5.41, 5.74) is 2.29. The maximum atomic E-state index is 14.1. The van der Waals surface area contributed by atoms with Crippen LogP contribution in [0.1, 0.15) is 88.8 Å². The third kappa shape index (κ3) is 5.72. The van der Waals surface area contributed by atoms with E-state index in [1.807, 2.05) is 36.1 Å². The van der Waals surface area contributed by atoms with E-state index in [4.69, 9.17) is 27.9 Å². The summed E-state index contributed by atoms with van der Waals surface area (Å²) < 4.78 is 6.43. The highest BCUT2D eigenvalue weighted by atomic mass is 127. The average molecular weight is 680 g/mol. The maximum Gasteiger partial charge on any atom is 0.311 e. The molecule has 1 aliphatic carbocycles. The van der Waals surface area contributed by atoms with Gasteiger partial charge in [-0.2, -0.15) is 0 Å². The molecule has 7 heteroatoms. The number of fused-ring (bicyclic) bond motifs is 3. The molecule has 4 rings (SSSR count). The first-order valence-corrected chi connectivity index (χ1v) is 15.4. The summed E-state index contributed by atoms with van der Waals surface area (Å²) in [6.07, 6.45) is 3.97. The first kappa shape index (κ1) is 30.2. The van der Waals surface area contributed by atoms with Crippen molar-refractivity contribution in [1.29, 1.82) is 0 Å². The number of carbonyl (C=O) groups excluding carboxylic acids is 2. The molecule has 0 saturated heterocycles. The summed E-state index contributed by atoms with van der Waals surface area (Å²) in [6.45, 7) is 8.73. The summed E-state index contributed by atoms with van der Waals surface area (Å²) in [5, 5.41) is 1.15. The molecule has 39 heavy (non-hydrogen) atoms. The van der Waals surface area contributed by atoms with Gasteiger partial charge in [-0.25, -0.2) is 0 Å². The lowest BCUT2D eigenvalue weighted by molar-refractivity contribution is -0.161. The number of carbonyl (C=O) groups is 2. The highest BCUT2D eigenvalue weighted by molar-refractivity contribution is 14.1. The number of amides is 1. The molecule has 1 fully saturated rings. The molecular weight excluding hydrogens is 644 g/mol. The fourth-order valence-electron chi connectivity index (χ4n) is 6.68. The molecule has 0 radical (unpaired) electrons. The molecule has 2 aromatic carbocycles. The van der Waals surface area contributed by atoms with Crippen LogP contribution in [0.15, 0.2) is 30.3 Å². The molecule has 0 N–H and O–H groups in total. The molecule has 0 unspecified atom stereocenters. The molecule has 208 valence electrons. The molecule has 2 aromatic rings. The highest BCUT2D eigenvalue weighted by Gasteiger charge is 2.57. The number of hydrogen-bond acceptors (Lipinski definition) is 3. The van der Waals surface area contributed by atoms with Gasteiger partial charge in [0, 0.05) is 33.5 Å². The zero-order valence-corrected chi connectivity index (χ0v) is 27.0. The third-order valence-electron chi connectivity index (χ3n) is 8.69. The second-order valence-corrected chi connectivity index (χ2v) is 13.6. The van der Waals surface area contributed by atoms with E-state index in [-0.39, 0.29) is 30.1 Å². The molecule has 1 saturated carbocycles. The minimum atomic E-state index is -0.779. The van der Waals surface area contributed by atoms with Gasteiger partial charge in [0.15, 0.2) is 0 Å². The Morgan fingerprint density at radius 3 is 2.64 bits per heavy atom. The predicted octanol–water partition coefficient (Wildman–Crippen LogP) is 8.53. The van der Waals surface area contributed by atoms with Crippen molar-refractivity contribution in [1.82, 2.24) is 0 Å². The van der Waals surface area contributed by atoms with Gasteiger partial charge in [0.2, 0.25) is 5.91 Å². The Labute approximate surface area is 256 Å². The van der Waals surface area contributed by atoms with E-state index in [2.05, 4.69) is 61.3 Å². The number of esters is 1. The smallest absolute Gasteiger partial charge is 0.311 e. The van der Waals surface area contributed by atoms with Crippen LogP contribution in [0, 0.1) is 26.7 Å². The van der Waals surface area contributed by atoms with E-state index in [1.165, 1.54) is 7.11 Å². The number of halogens is 3. The number of benzene rings is 2. The average Bonchev–Trinajstić information content (AvgIpc) is 2.97. The van der Waals surface area contributed by atoms with Crippen LogP contribution in [0.2, 0.25) is 10.0 Å². The number of hydrogen-bond donors (Lipinski definition) is 0. The second-order valence-electron chi connectivity index (χ2n) is 11.5. The highest BCUT2D eigenvalue weighted by Crippen LogP contribution is 2.59. The van der Waals surface area contributed by atoms with Crippen molar-refractivity contribution >= 4 is 63.4 Å². The molecule has 1 aliphatic heterocycles. The first-order valence-electron chi connectivity index (χ1n) is 13.6. The van der Waals surface area contributed by atoms with Gasteiger partial charge in [0.25, 0.3) is 0 Å². The molecule has 0 spiro atoms. The van der Waals surface area contributed by atoms with Crippen LogP contribution in [0.25, 0.3) is 0 Å². The van der Waals surface area contributed by atoms with Crippen molar-refractivity contribution in [3.05, 3.63) is 60.6 Å². The van der Waals surface area contributed by atoms with Crippen molar-refractivity contribution in [3.63, 3.8) is 0 Å². The number of unbranched alkanes of at least 4 members (excludes halogenated alkanes) is 1. The second kappa shape index (κ2) is 12.0. The Bertz CT molecular complexity index is 1350. The number of nitrogens with zero attached hydrogens (tertiary/aromatic N) is 1. The van der Waals surface area contributed by atoms with Gasteiger partial charge in [0.05, 0.1) is 23.2 Å². The fraction of sp³-hybridized carbons (Fsp3) is 0.500. The molecule has 1 heterocycles. The van der Waals surface area contributed by atoms with Crippen molar-refractivity contribution in [2.24, 2.45) is 11.3 Å². The molecule has 2 aliphatic rings. The van der Waals surface area contributed by atoms with Crippen LogP contribution in [0.5, 0.6) is 0 Å². The normalized spacial score (nSPS) is 24.4. The summed E-state index contributed by atoms with van der Waals surface area (Å²) in [7, 11) is 1.43. The van der Waals surface area contributed by atoms with E-state index in [0.29, 0.717) is 35.9 Å². The van der Waals surface area contributed by atoms with Crippen molar-refractivity contribution in [2.45, 2.75) is 77.6 Å². The van der Waals surface area contributed by atoms with Gasteiger partial charge >= 0.3 is 5.97 Å². The zero-order chi connectivity index (χ0) is 28.5. The Kier molecular flexibility index (Phi) is 9.30. The standard InChI is InChI=1S/C32H36Cl2INO3/c1-20(2)27-24(33)18-23-29(28(27)34)36(16-8-6-7-11-21-12-9-13-22(35)17-21)26(37)19-25-31(23,3)14-10-15-32(25,4)30(38)39-5/h9,12-13,17-18,20,25H,6,8,10,14-16,19H2,1-5H3/t25-,31-,32-/m1/s1. The Morgan fingerprint density at radius 2 is 1.97 bits per heavy atom. The summed E-state index contributed by atoms with van der Waals surface area (Å²) in [4.78, 5) is 29.0. The first-order chi connectivity index (χ1) is 18.4. The molecule has 0 aromatic heterocycles. The number of rotatable bonds is 5. The Balaban J connectivity index is 1.76. The van der Waals surface area contributed by atoms with Crippen molar-refractivity contribution in [2.75, 3.05) is 18.6 Å². The van der Waals surface area contributed by atoms with Crippen LogP contribution in [0.4, 0.5) is 5.69 Å². The fourth-order valence-corrected chi connectivity index (χ4v) is 8.22. The number of ether oxygens (including phenoxy) is 1. The lowest BCUT2D eigenvalue weighted by atomic mass is 9.53. The molecule has 4 nitrogen and oxygen atoms in total. The van der Waals surface area contributed by atoms with E-state index >= 15 is 0 Å². The molecule has 0 bridgehead atoms. The predicted molar refractivity (Wildman–Crippen MR) is 168 cm³/mol. The summed E-state index contributed by atoms with van der Waals surface area (Å²) >= 11 is 16.3. The van der Waals surface area contributed by atoms with Gasteiger partial charge in [0.1, 0.15) is 0 Å². The van der Waals surface area contributed by atoms with Crippen LogP contribution in [0.3, 0.4) is 0 Å². The van der Waals surface area contributed by atoms with Crippen LogP contribution >= 0.6 is 45.8 Å². The minimum absolute atomic E-state index is 0.0218. The number of methoxy groups -OCH3 is 1. The molecule has 1 amide bonds. The lowest BCUT2D eigenvalue weighted by Crippen LogP contribution is -2.51. The topological polar surface area (TPSA) is 46.6 Å². The van der Waals surface area contributed by atoms with Gasteiger partial charge in [-0.05, 0) is 101 Å². The quantitative estimate of drug-likeness (QED) is 0.138. The van der Waals surface area contributed by atoms with Gasteiger partial charge in [-0.15, -0.1) is 0 Å². The summed E-state index contributed by atoms with van der Waals surface area (Å²) in [6, 6.07) is 10.1. The SMILES string of the molecule is COC(=O)[C@]1(C)CCC[C@]2(C)c3cc(Cl)c(C(C)C)c(Cl)c3N(CCCC#Cc3cccc(I)c3)C(=O)C[C@@H]12. The van der Waals surface area contributed by atoms with Gasteiger partial charge in [-0.3, -0.25) is 9.59 Å². The van der Waals surface area contributed by atoms with E-state index in [0.717, 1.165) is 38.8 Å². The Hall–Kier alpha value is -1.75. The van der Waals surface area contributed by atoms with E-state index in [1.54, 1.807) is 0 Å². The zero-order valence-electron chi connectivity index (χ0n) is 23.3. The molecule has 3 atom stereocenters. The van der Waals surface area contributed by atoms with Crippen LogP contribution in [-0.4, -0.2) is 25.5 Å². The monoisotopic (exact) mass is 679 g/mol. The molecular formula is C32H36Cl2INO3. The Morgan fingerprint density at radius 1 is 1.23 bits per heavy atom. The minimum Gasteiger partial charge on any atom is -0.469 e. The van der Waals surface area contributed by atoms with Gasteiger partial charge in [-0.1, -0.05) is 68.3 Å². The number of anilines is 1. The lowest BCUT2D eigenvalue weighted by Gasteiger charge is -2.50. The van der Waals surface area contributed by atoms with E-state index in [9.17, 15) is 9.59 Å². The largest absolute Gasteiger partial charge is 0.469 e. The maximum absolute atomic E-state index is 14.1. The van der Waals surface area contributed by atoms with E-state index < -0.39 is 10.8 Å². The van der Waals surface area contributed by atoms with Gasteiger partial charge < -0.3 is 9.64 Å². The van der Waals surface area contributed by atoms with Crippen molar-refractivity contribution < 1.29 is 14.3 Å². The third-order valence-corrected chi connectivity index (χ3v) is 10.1.